The molecule has 1 nitrogen and oxygen atoms in total. The molecule has 0 saturated carbocycles. The fraction of sp³-hybridized carbons (Fsp3) is 0.133. The Morgan fingerprint density at radius 3 is 2.62 bits per heavy atom. The van der Waals surface area contributed by atoms with Gasteiger partial charge < -0.3 is 0 Å². The third kappa shape index (κ3) is 1.89. The lowest BCUT2D eigenvalue weighted by atomic mass is 10.0. The van der Waals surface area contributed by atoms with Gasteiger partial charge in [-0.25, -0.2) is 4.57 Å². The molecule has 2 aromatic rings. The lowest BCUT2D eigenvalue weighted by molar-refractivity contribution is -0.660. The molecule has 0 atom stereocenters. The van der Waals surface area contributed by atoms with Crippen molar-refractivity contribution in [3.05, 3.63) is 60.3 Å². The minimum absolute atomic E-state index is 1.15. The van der Waals surface area contributed by atoms with Crippen LogP contribution in [0, 0.1) is 6.92 Å². The number of benzene rings is 1. The van der Waals surface area contributed by atoms with E-state index in [2.05, 4.69) is 67.7 Å². The first kappa shape index (κ1) is 10.6. The van der Waals surface area contributed by atoms with Gasteiger partial charge in [-0.05, 0) is 24.1 Å². The van der Waals surface area contributed by atoms with Crippen molar-refractivity contribution < 1.29 is 4.57 Å². The summed E-state index contributed by atoms with van der Waals surface area (Å²) in [5.74, 6) is 0. The fourth-order valence-corrected chi connectivity index (χ4v) is 1.84. The molecular formula is C15H16N+. The Bertz CT molecular complexity index is 527. The topological polar surface area (TPSA) is 3.88 Å². The maximum absolute atomic E-state index is 3.81. The molecule has 0 unspecified atom stereocenters. The molecule has 80 valence electrons. The molecule has 16 heavy (non-hydrogen) atoms. The van der Waals surface area contributed by atoms with E-state index < -0.39 is 0 Å². The molecule has 0 bridgehead atoms. The van der Waals surface area contributed by atoms with E-state index in [0.717, 1.165) is 5.56 Å². The molecule has 1 heterocycles. The van der Waals surface area contributed by atoms with Gasteiger partial charge in [0, 0.05) is 17.7 Å². The van der Waals surface area contributed by atoms with Gasteiger partial charge in [-0.1, -0.05) is 30.9 Å². The van der Waals surface area contributed by atoms with E-state index in [-0.39, 0.29) is 0 Å². The van der Waals surface area contributed by atoms with Crippen LogP contribution >= 0.6 is 0 Å². The van der Waals surface area contributed by atoms with Crippen LogP contribution in [0.2, 0.25) is 0 Å². The van der Waals surface area contributed by atoms with Crippen LogP contribution in [0.25, 0.3) is 17.3 Å². The van der Waals surface area contributed by atoms with Crippen LogP contribution in [0.1, 0.15) is 11.1 Å². The average molecular weight is 210 g/mol. The van der Waals surface area contributed by atoms with Gasteiger partial charge in [-0.3, -0.25) is 0 Å². The molecule has 0 saturated heterocycles. The number of aryl methyl sites for hydroxylation is 2. The Morgan fingerprint density at radius 2 is 1.94 bits per heavy atom. The summed E-state index contributed by atoms with van der Waals surface area (Å²) in [5, 5.41) is 0. The molecule has 0 aliphatic carbocycles. The zero-order valence-corrected chi connectivity index (χ0v) is 9.77. The standard InChI is InChI=1S/C15H16N/c1-4-13-9-10-16(3)15(11-13)14-8-6-5-7-12(14)2/h4-11H,1H2,2-3H3/q+1. The number of rotatable bonds is 2. The van der Waals surface area contributed by atoms with Crippen LogP contribution in [0.4, 0.5) is 0 Å². The van der Waals surface area contributed by atoms with Crippen LogP contribution in [0.5, 0.6) is 0 Å². The zero-order valence-electron chi connectivity index (χ0n) is 9.77. The fourth-order valence-electron chi connectivity index (χ4n) is 1.84. The first-order valence-corrected chi connectivity index (χ1v) is 5.40. The summed E-state index contributed by atoms with van der Waals surface area (Å²) in [7, 11) is 2.06. The Morgan fingerprint density at radius 1 is 1.19 bits per heavy atom. The summed E-state index contributed by atoms with van der Waals surface area (Å²) in [4.78, 5) is 0. The summed E-state index contributed by atoms with van der Waals surface area (Å²) in [6, 6.07) is 12.6. The summed E-state index contributed by atoms with van der Waals surface area (Å²) in [6.45, 7) is 5.94. The molecule has 0 N–H and O–H groups in total. The molecule has 1 aromatic heterocycles. The molecule has 2 rings (SSSR count). The highest BCUT2D eigenvalue weighted by atomic mass is 14.9. The number of nitrogens with zero attached hydrogens (tertiary/aromatic N) is 1. The first-order chi connectivity index (χ1) is 7.72. The van der Waals surface area contributed by atoms with Crippen molar-refractivity contribution >= 4 is 6.08 Å². The Kier molecular flexibility index (Phi) is 2.86. The molecule has 0 radical (unpaired) electrons. The van der Waals surface area contributed by atoms with Crippen molar-refractivity contribution in [2.24, 2.45) is 7.05 Å². The monoisotopic (exact) mass is 210 g/mol. The third-order valence-electron chi connectivity index (χ3n) is 2.83. The zero-order chi connectivity index (χ0) is 11.5. The van der Waals surface area contributed by atoms with Gasteiger partial charge in [-0.15, -0.1) is 0 Å². The van der Waals surface area contributed by atoms with Gasteiger partial charge in [-0.2, -0.15) is 0 Å². The molecular weight excluding hydrogens is 194 g/mol. The van der Waals surface area contributed by atoms with E-state index >= 15 is 0 Å². The summed E-state index contributed by atoms with van der Waals surface area (Å²) in [6.07, 6.45) is 3.94. The Hall–Kier alpha value is -1.89. The lowest BCUT2D eigenvalue weighted by Crippen LogP contribution is -2.30. The predicted octanol–water partition coefficient (Wildman–Crippen LogP) is 3.13. The number of aromatic nitrogens is 1. The van der Waals surface area contributed by atoms with E-state index in [4.69, 9.17) is 0 Å². The van der Waals surface area contributed by atoms with Gasteiger partial charge in [0.2, 0.25) is 5.69 Å². The summed E-state index contributed by atoms with van der Waals surface area (Å²) in [5.41, 5.74) is 4.93. The van der Waals surface area contributed by atoms with E-state index in [1.165, 1.54) is 16.8 Å². The van der Waals surface area contributed by atoms with Crippen molar-refractivity contribution in [3.63, 3.8) is 0 Å². The molecule has 0 amide bonds. The molecule has 0 aliphatic heterocycles. The highest BCUT2D eigenvalue weighted by Gasteiger charge is 2.11. The van der Waals surface area contributed by atoms with Gasteiger partial charge in [0.05, 0.1) is 0 Å². The van der Waals surface area contributed by atoms with Gasteiger partial charge >= 0.3 is 0 Å². The molecule has 0 aliphatic rings. The molecule has 1 heteroatoms. The predicted molar refractivity (Wildman–Crippen MR) is 67.9 cm³/mol. The van der Waals surface area contributed by atoms with Crippen molar-refractivity contribution in [1.29, 1.82) is 0 Å². The van der Waals surface area contributed by atoms with Crippen LogP contribution in [0.3, 0.4) is 0 Å². The minimum Gasteiger partial charge on any atom is -0.201 e. The number of hydrogen-bond acceptors (Lipinski definition) is 0. The SMILES string of the molecule is C=Cc1cc[n+](C)c(-c2ccccc2C)c1. The minimum atomic E-state index is 1.15. The van der Waals surface area contributed by atoms with E-state index in [9.17, 15) is 0 Å². The lowest BCUT2D eigenvalue weighted by Gasteiger charge is -2.04. The Balaban J connectivity index is 2.63. The number of hydrogen-bond donors (Lipinski definition) is 0. The molecule has 0 fully saturated rings. The highest BCUT2D eigenvalue weighted by molar-refractivity contribution is 5.63. The third-order valence-corrected chi connectivity index (χ3v) is 2.83. The highest BCUT2D eigenvalue weighted by Crippen LogP contribution is 2.20. The van der Waals surface area contributed by atoms with Gasteiger partial charge in [0.15, 0.2) is 6.20 Å². The van der Waals surface area contributed by atoms with Crippen LogP contribution in [-0.4, -0.2) is 0 Å². The molecule has 0 spiro atoms. The smallest absolute Gasteiger partial charge is 0.201 e. The van der Waals surface area contributed by atoms with Crippen molar-refractivity contribution in [3.8, 4) is 11.3 Å². The van der Waals surface area contributed by atoms with E-state index in [0.29, 0.717) is 0 Å². The van der Waals surface area contributed by atoms with Crippen molar-refractivity contribution in [1.82, 2.24) is 0 Å². The Labute approximate surface area is 96.7 Å². The summed E-state index contributed by atoms with van der Waals surface area (Å²) < 4.78 is 2.13. The average Bonchev–Trinajstić information content (AvgIpc) is 2.31. The van der Waals surface area contributed by atoms with Crippen LogP contribution in [0.15, 0.2) is 49.2 Å². The van der Waals surface area contributed by atoms with Gasteiger partial charge in [0.1, 0.15) is 7.05 Å². The quantitative estimate of drug-likeness (QED) is 0.670. The van der Waals surface area contributed by atoms with E-state index in [1.54, 1.807) is 0 Å². The summed E-state index contributed by atoms with van der Waals surface area (Å²) >= 11 is 0. The van der Waals surface area contributed by atoms with Gasteiger partial charge in [0.25, 0.3) is 0 Å². The number of pyridine rings is 1. The maximum atomic E-state index is 3.81. The second kappa shape index (κ2) is 4.31. The van der Waals surface area contributed by atoms with Crippen molar-refractivity contribution in [2.75, 3.05) is 0 Å². The molecule has 1 aromatic carbocycles. The second-order valence-corrected chi connectivity index (χ2v) is 3.98. The second-order valence-electron chi connectivity index (χ2n) is 3.98. The van der Waals surface area contributed by atoms with Crippen LogP contribution in [-0.2, 0) is 7.05 Å². The van der Waals surface area contributed by atoms with E-state index in [1.807, 2.05) is 6.08 Å². The van der Waals surface area contributed by atoms with Crippen LogP contribution < -0.4 is 4.57 Å². The van der Waals surface area contributed by atoms with Crippen molar-refractivity contribution in [2.45, 2.75) is 6.92 Å². The largest absolute Gasteiger partial charge is 0.213 e. The normalized spacial score (nSPS) is 10.1. The first-order valence-electron chi connectivity index (χ1n) is 5.40. The maximum Gasteiger partial charge on any atom is 0.213 e.